The Kier molecular flexibility index (Phi) is 3.99. The van der Waals surface area contributed by atoms with Crippen LogP contribution in [0.5, 0.6) is 0 Å². The van der Waals surface area contributed by atoms with Crippen molar-refractivity contribution < 1.29 is 0 Å². The molecule has 0 aromatic heterocycles. The van der Waals surface area contributed by atoms with Crippen LogP contribution < -0.4 is 5.32 Å². The molecule has 0 aromatic carbocycles. The van der Waals surface area contributed by atoms with E-state index in [1.807, 2.05) is 0 Å². The molecule has 0 aliphatic carbocycles. The number of hydrogen-bond acceptors (Lipinski definition) is 3. The summed E-state index contributed by atoms with van der Waals surface area (Å²) in [5, 5.41) is 12.3. The van der Waals surface area contributed by atoms with Crippen molar-refractivity contribution >= 4 is 0 Å². The van der Waals surface area contributed by atoms with Gasteiger partial charge < -0.3 is 10.2 Å². The van der Waals surface area contributed by atoms with Gasteiger partial charge in [0.2, 0.25) is 0 Å². The van der Waals surface area contributed by atoms with Crippen LogP contribution >= 0.6 is 0 Å². The summed E-state index contributed by atoms with van der Waals surface area (Å²) in [5.41, 5.74) is 0. The standard InChI is InChI=1S/C12H21N3/c13-10-11-4-8-15(9-5-11)12-2-1-6-14-7-3-12/h11-12,14H,1-9H2. The van der Waals surface area contributed by atoms with Crippen LogP contribution in [0.15, 0.2) is 0 Å². The van der Waals surface area contributed by atoms with Crippen molar-refractivity contribution in [3.8, 4) is 6.07 Å². The summed E-state index contributed by atoms with van der Waals surface area (Å²) in [4.78, 5) is 2.61. The zero-order valence-corrected chi connectivity index (χ0v) is 9.41. The molecular weight excluding hydrogens is 186 g/mol. The van der Waals surface area contributed by atoms with Crippen molar-refractivity contribution in [1.29, 1.82) is 5.26 Å². The maximum Gasteiger partial charge on any atom is 0.0656 e. The molecule has 2 rings (SSSR count). The summed E-state index contributed by atoms with van der Waals surface area (Å²) in [7, 11) is 0. The number of likely N-dealkylation sites (tertiary alicyclic amines) is 1. The van der Waals surface area contributed by atoms with E-state index >= 15 is 0 Å². The Labute approximate surface area is 92.4 Å². The molecule has 0 saturated carbocycles. The van der Waals surface area contributed by atoms with Crippen LogP contribution in [-0.2, 0) is 0 Å². The minimum Gasteiger partial charge on any atom is -0.317 e. The molecule has 1 atom stereocenters. The number of rotatable bonds is 1. The molecule has 3 heteroatoms. The van der Waals surface area contributed by atoms with E-state index in [0.717, 1.165) is 32.0 Å². The number of hydrogen-bond donors (Lipinski definition) is 1. The van der Waals surface area contributed by atoms with Gasteiger partial charge in [0.05, 0.1) is 6.07 Å². The highest BCUT2D eigenvalue weighted by Crippen LogP contribution is 2.22. The van der Waals surface area contributed by atoms with Gasteiger partial charge in [-0.15, -0.1) is 0 Å². The first-order chi connectivity index (χ1) is 7.40. The molecule has 3 nitrogen and oxygen atoms in total. The van der Waals surface area contributed by atoms with Gasteiger partial charge in [-0.2, -0.15) is 5.26 Å². The lowest BCUT2D eigenvalue weighted by Crippen LogP contribution is -2.41. The van der Waals surface area contributed by atoms with Crippen LogP contribution in [0.1, 0.15) is 32.1 Å². The Bertz CT molecular complexity index is 218. The molecule has 1 unspecified atom stereocenters. The maximum atomic E-state index is 8.85. The highest BCUT2D eigenvalue weighted by molar-refractivity contribution is 4.89. The highest BCUT2D eigenvalue weighted by atomic mass is 15.2. The molecule has 2 heterocycles. The smallest absolute Gasteiger partial charge is 0.0656 e. The van der Waals surface area contributed by atoms with Gasteiger partial charge in [0, 0.05) is 12.0 Å². The first-order valence-corrected chi connectivity index (χ1v) is 6.24. The van der Waals surface area contributed by atoms with Crippen LogP contribution in [0.3, 0.4) is 0 Å². The van der Waals surface area contributed by atoms with Gasteiger partial charge in [0.1, 0.15) is 0 Å². The number of nitriles is 1. The fourth-order valence-electron chi connectivity index (χ4n) is 2.76. The maximum absolute atomic E-state index is 8.85. The third-order valence-corrected chi connectivity index (χ3v) is 3.77. The number of nitrogens with zero attached hydrogens (tertiary/aromatic N) is 2. The van der Waals surface area contributed by atoms with Gasteiger partial charge in [-0.05, 0) is 58.3 Å². The van der Waals surface area contributed by atoms with Crippen LogP contribution in [0.4, 0.5) is 0 Å². The predicted octanol–water partition coefficient (Wildman–Crippen LogP) is 1.36. The van der Waals surface area contributed by atoms with Gasteiger partial charge in [0.15, 0.2) is 0 Å². The Morgan fingerprint density at radius 3 is 2.60 bits per heavy atom. The van der Waals surface area contributed by atoms with Crippen molar-refractivity contribution in [3.63, 3.8) is 0 Å². The lowest BCUT2D eigenvalue weighted by atomic mass is 9.96. The Morgan fingerprint density at radius 1 is 1.07 bits per heavy atom. The van der Waals surface area contributed by atoms with E-state index in [-0.39, 0.29) is 0 Å². The average molecular weight is 207 g/mol. The monoisotopic (exact) mass is 207 g/mol. The summed E-state index contributed by atoms with van der Waals surface area (Å²) < 4.78 is 0. The van der Waals surface area contributed by atoms with Gasteiger partial charge in [-0.25, -0.2) is 0 Å². The molecule has 2 aliphatic heterocycles. The van der Waals surface area contributed by atoms with Gasteiger partial charge in [-0.1, -0.05) is 0 Å². The van der Waals surface area contributed by atoms with Crippen molar-refractivity contribution in [2.45, 2.75) is 38.1 Å². The van der Waals surface area contributed by atoms with Crippen molar-refractivity contribution in [2.75, 3.05) is 26.2 Å². The number of nitrogens with one attached hydrogen (secondary N) is 1. The molecule has 15 heavy (non-hydrogen) atoms. The molecule has 1 N–H and O–H groups in total. The SMILES string of the molecule is N#CC1CCN(C2CCCNCC2)CC1. The van der Waals surface area contributed by atoms with E-state index in [1.165, 1.54) is 32.4 Å². The lowest BCUT2D eigenvalue weighted by molar-refractivity contribution is 0.137. The fraction of sp³-hybridized carbons (Fsp3) is 0.917. The van der Waals surface area contributed by atoms with E-state index in [0.29, 0.717) is 5.92 Å². The third-order valence-electron chi connectivity index (χ3n) is 3.77. The van der Waals surface area contributed by atoms with E-state index in [1.54, 1.807) is 0 Å². The normalized spacial score (nSPS) is 30.7. The summed E-state index contributed by atoms with van der Waals surface area (Å²) in [6.07, 6.45) is 6.10. The topological polar surface area (TPSA) is 39.1 Å². The average Bonchev–Trinajstić information content (AvgIpc) is 2.58. The second kappa shape index (κ2) is 5.48. The molecule has 0 radical (unpaired) electrons. The van der Waals surface area contributed by atoms with Gasteiger partial charge in [0.25, 0.3) is 0 Å². The second-order valence-corrected chi connectivity index (χ2v) is 4.77. The lowest BCUT2D eigenvalue weighted by Gasteiger charge is -2.35. The van der Waals surface area contributed by atoms with E-state index < -0.39 is 0 Å². The summed E-state index contributed by atoms with van der Waals surface area (Å²) in [6.45, 7) is 4.64. The molecule has 0 amide bonds. The molecule has 2 fully saturated rings. The zero-order valence-electron chi connectivity index (χ0n) is 9.41. The van der Waals surface area contributed by atoms with Crippen LogP contribution in [0.2, 0.25) is 0 Å². The van der Waals surface area contributed by atoms with Crippen molar-refractivity contribution in [2.24, 2.45) is 5.92 Å². The summed E-state index contributed by atoms with van der Waals surface area (Å²) in [6, 6.07) is 3.18. The molecular formula is C12H21N3. The molecule has 0 aromatic rings. The first-order valence-electron chi connectivity index (χ1n) is 6.24. The quantitative estimate of drug-likeness (QED) is 0.705. The number of piperidine rings is 1. The largest absolute Gasteiger partial charge is 0.317 e. The fourth-order valence-corrected chi connectivity index (χ4v) is 2.76. The minimum absolute atomic E-state index is 0.324. The van der Waals surface area contributed by atoms with Crippen LogP contribution in [0, 0.1) is 17.2 Å². The van der Waals surface area contributed by atoms with Crippen molar-refractivity contribution in [1.82, 2.24) is 10.2 Å². The summed E-state index contributed by atoms with van der Waals surface area (Å²) >= 11 is 0. The molecule has 0 bridgehead atoms. The van der Waals surface area contributed by atoms with Gasteiger partial charge >= 0.3 is 0 Å². The molecule has 2 aliphatic rings. The van der Waals surface area contributed by atoms with E-state index in [9.17, 15) is 0 Å². The molecule has 0 spiro atoms. The summed E-state index contributed by atoms with van der Waals surface area (Å²) in [5.74, 6) is 0.324. The highest BCUT2D eigenvalue weighted by Gasteiger charge is 2.25. The van der Waals surface area contributed by atoms with Gasteiger partial charge in [-0.3, -0.25) is 0 Å². The van der Waals surface area contributed by atoms with Crippen molar-refractivity contribution in [3.05, 3.63) is 0 Å². The Morgan fingerprint density at radius 2 is 1.87 bits per heavy atom. The molecule has 84 valence electrons. The zero-order chi connectivity index (χ0) is 10.5. The predicted molar refractivity (Wildman–Crippen MR) is 60.4 cm³/mol. The third kappa shape index (κ3) is 2.93. The Hall–Kier alpha value is -0.590. The minimum atomic E-state index is 0.324. The second-order valence-electron chi connectivity index (χ2n) is 4.77. The van der Waals surface area contributed by atoms with Crippen LogP contribution in [-0.4, -0.2) is 37.1 Å². The van der Waals surface area contributed by atoms with Crippen LogP contribution in [0.25, 0.3) is 0 Å². The van der Waals surface area contributed by atoms with E-state index in [4.69, 9.17) is 5.26 Å². The van der Waals surface area contributed by atoms with E-state index in [2.05, 4.69) is 16.3 Å². The molecule has 2 saturated heterocycles. The Balaban J connectivity index is 1.81. The first kappa shape index (κ1) is 10.9.